The van der Waals surface area contributed by atoms with E-state index in [9.17, 15) is 4.79 Å². The first kappa shape index (κ1) is 18.8. The second-order valence-corrected chi connectivity index (χ2v) is 7.02. The van der Waals surface area contributed by atoms with Gasteiger partial charge in [0.1, 0.15) is 5.82 Å². The van der Waals surface area contributed by atoms with Crippen LogP contribution in [0.15, 0.2) is 84.4 Å². The van der Waals surface area contributed by atoms with E-state index < -0.39 is 0 Å². The number of hydrogen-bond acceptors (Lipinski definition) is 5. The number of amides is 1. The van der Waals surface area contributed by atoms with Crippen LogP contribution in [0.3, 0.4) is 0 Å². The van der Waals surface area contributed by atoms with Gasteiger partial charge in [0.2, 0.25) is 5.91 Å². The molecule has 1 saturated heterocycles. The standard InChI is InChI=1S/C23H23N5O/c29-23(20-12-7-15-28(17-20)21-16-24-13-14-25-21)27-26-22(18-8-3-1-4-9-18)19-10-5-2-6-11-19/h1-6,8-11,13-14,16,20H,7,12,15,17H2,(H,27,29)/t20-/m1/s1. The Bertz CT molecular complexity index is 919. The molecule has 6 heteroatoms. The van der Waals surface area contributed by atoms with Crippen LogP contribution in [-0.2, 0) is 4.79 Å². The second kappa shape index (κ2) is 9.10. The third-order valence-corrected chi connectivity index (χ3v) is 5.04. The highest BCUT2D eigenvalue weighted by Crippen LogP contribution is 2.21. The number of hydrogen-bond donors (Lipinski definition) is 1. The summed E-state index contributed by atoms with van der Waals surface area (Å²) in [5, 5.41) is 4.51. The highest BCUT2D eigenvalue weighted by Gasteiger charge is 2.26. The summed E-state index contributed by atoms with van der Waals surface area (Å²) in [5.41, 5.74) is 5.48. The number of benzene rings is 2. The van der Waals surface area contributed by atoms with E-state index in [-0.39, 0.29) is 11.8 Å². The van der Waals surface area contributed by atoms with Crippen LogP contribution in [0.2, 0.25) is 0 Å². The van der Waals surface area contributed by atoms with Crippen molar-refractivity contribution in [3.05, 3.63) is 90.4 Å². The molecular formula is C23H23N5O. The van der Waals surface area contributed by atoms with Gasteiger partial charge >= 0.3 is 0 Å². The maximum absolute atomic E-state index is 12.9. The molecule has 0 radical (unpaired) electrons. The third kappa shape index (κ3) is 4.66. The van der Waals surface area contributed by atoms with E-state index in [1.807, 2.05) is 60.7 Å². The van der Waals surface area contributed by atoms with Crippen molar-refractivity contribution in [3.8, 4) is 0 Å². The first-order chi connectivity index (χ1) is 14.3. The number of hydrazone groups is 1. The van der Waals surface area contributed by atoms with Crippen LogP contribution in [0.1, 0.15) is 24.0 Å². The number of aromatic nitrogens is 2. The van der Waals surface area contributed by atoms with Gasteiger partial charge in [-0.3, -0.25) is 9.78 Å². The first-order valence-corrected chi connectivity index (χ1v) is 9.80. The number of carbonyl (C=O) groups excluding carboxylic acids is 1. The summed E-state index contributed by atoms with van der Waals surface area (Å²) in [6.07, 6.45) is 6.84. The van der Waals surface area contributed by atoms with Crippen molar-refractivity contribution in [1.82, 2.24) is 15.4 Å². The molecule has 1 atom stereocenters. The van der Waals surface area contributed by atoms with Crippen LogP contribution in [-0.4, -0.2) is 34.7 Å². The molecule has 2 aromatic carbocycles. The average Bonchev–Trinajstić information content (AvgIpc) is 2.81. The van der Waals surface area contributed by atoms with E-state index in [4.69, 9.17) is 0 Å². The highest BCUT2D eigenvalue weighted by atomic mass is 16.2. The summed E-state index contributed by atoms with van der Waals surface area (Å²) in [6.45, 7) is 1.50. The molecule has 1 aliphatic heterocycles. The molecule has 0 unspecified atom stereocenters. The number of rotatable bonds is 5. The van der Waals surface area contributed by atoms with Crippen molar-refractivity contribution >= 4 is 17.4 Å². The Morgan fingerprint density at radius 3 is 2.31 bits per heavy atom. The van der Waals surface area contributed by atoms with Gasteiger partial charge < -0.3 is 4.90 Å². The summed E-state index contributed by atoms with van der Waals surface area (Å²) >= 11 is 0. The first-order valence-electron chi connectivity index (χ1n) is 9.80. The van der Waals surface area contributed by atoms with Gasteiger partial charge in [0.05, 0.1) is 17.8 Å². The van der Waals surface area contributed by atoms with Gasteiger partial charge in [0.15, 0.2) is 0 Å². The molecule has 2 heterocycles. The fraction of sp³-hybridized carbons (Fsp3) is 0.217. The van der Waals surface area contributed by atoms with Crippen molar-refractivity contribution in [1.29, 1.82) is 0 Å². The lowest BCUT2D eigenvalue weighted by atomic mass is 9.97. The van der Waals surface area contributed by atoms with Crippen LogP contribution in [0.5, 0.6) is 0 Å². The van der Waals surface area contributed by atoms with Crippen molar-refractivity contribution in [2.75, 3.05) is 18.0 Å². The summed E-state index contributed by atoms with van der Waals surface area (Å²) < 4.78 is 0. The Hall–Kier alpha value is -3.54. The van der Waals surface area contributed by atoms with Crippen molar-refractivity contribution in [3.63, 3.8) is 0 Å². The zero-order chi connectivity index (χ0) is 19.9. The fourth-order valence-electron chi connectivity index (χ4n) is 3.54. The number of nitrogens with zero attached hydrogens (tertiary/aromatic N) is 4. The van der Waals surface area contributed by atoms with E-state index in [2.05, 4.69) is 25.4 Å². The monoisotopic (exact) mass is 385 g/mol. The third-order valence-electron chi connectivity index (χ3n) is 5.04. The Balaban J connectivity index is 1.50. The van der Waals surface area contributed by atoms with E-state index in [0.29, 0.717) is 6.54 Å². The van der Waals surface area contributed by atoms with Gasteiger partial charge in [0.25, 0.3) is 0 Å². The topological polar surface area (TPSA) is 70.5 Å². The molecule has 146 valence electrons. The van der Waals surface area contributed by atoms with Crippen LogP contribution in [0.25, 0.3) is 0 Å². The summed E-state index contributed by atoms with van der Waals surface area (Å²) in [5.74, 6) is 0.605. The molecule has 29 heavy (non-hydrogen) atoms. The molecule has 1 aliphatic rings. The predicted octanol–water partition coefficient (Wildman–Crippen LogP) is 3.26. The van der Waals surface area contributed by atoms with Crippen LogP contribution in [0.4, 0.5) is 5.82 Å². The minimum absolute atomic E-state index is 0.0667. The molecule has 1 aromatic heterocycles. The van der Waals surface area contributed by atoms with Gasteiger partial charge in [-0.2, -0.15) is 5.10 Å². The zero-order valence-electron chi connectivity index (χ0n) is 16.1. The Morgan fingerprint density at radius 1 is 1.00 bits per heavy atom. The molecule has 0 spiro atoms. The van der Waals surface area contributed by atoms with Gasteiger partial charge in [0, 0.05) is 36.6 Å². The van der Waals surface area contributed by atoms with Crippen LogP contribution < -0.4 is 10.3 Å². The Kier molecular flexibility index (Phi) is 5.90. The minimum atomic E-state index is -0.137. The molecule has 3 aromatic rings. The zero-order valence-corrected chi connectivity index (χ0v) is 16.1. The summed E-state index contributed by atoms with van der Waals surface area (Å²) in [7, 11) is 0. The lowest BCUT2D eigenvalue weighted by Gasteiger charge is -2.32. The number of carbonyl (C=O) groups is 1. The van der Waals surface area contributed by atoms with Crippen LogP contribution in [0, 0.1) is 5.92 Å². The predicted molar refractivity (Wildman–Crippen MR) is 114 cm³/mol. The van der Waals surface area contributed by atoms with Crippen molar-refractivity contribution in [2.45, 2.75) is 12.8 Å². The maximum atomic E-state index is 12.9. The van der Waals surface area contributed by atoms with Gasteiger partial charge in [-0.1, -0.05) is 60.7 Å². The van der Waals surface area contributed by atoms with E-state index in [0.717, 1.165) is 42.0 Å². The normalized spacial score (nSPS) is 16.1. The number of nitrogens with one attached hydrogen (secondary N) is 1. The maximum Gasteiger partial charge on any atom is 0.244 e. The van der Waals surface area contributed by atoms with Crippen LogP contribution >= 0.6 is 0 Å². The number of anilines is 1. The molecule has 0 saturated carbocycles. The average molecular weight is 385 g/mol. The van der Waals surface area contributed by atoms with Gasteiger partial charge in [-0.05, 0) is 12.8 Å². The molecule has 1 fully saturated rings. The molecule has 6 nitrogen and oxygen atoms in total. The smallest absolute Gasteiger partial charge is 0.244 e. The minimum Gasteiger partial charge on any atom is -0.355 e. The Morgan fingerprint density at radius 2 is 1.69 bits per heavy atom. The molecule has 0 bridgehead atoms. The second-order valence-electron chi connectivity index (χ2n) is 7.02. The molecule has 1 N–H and O–H groups in total. The molecular weight excluding hydrogens is 362 g/mol. The Labute approximate surface area is 170 Å². The van der Waals surface area contributed by atoms with E-state index >= 15 is 0 Å². The molecule has 0 aliphatic carbocycles. The van der Waals surface area contributed by atoms with E-state index in [1.54, 1.807) is 18.6 Å². The molecule has 4 rings (SSSR count). The number of piperidine rings is 1. The highest BCUT2D eigenvalue weighted by molar-refractivity contribution is 6.13. The van der Waals surface area contributed by atoms with Gasteiger partial charge in [-0.15, -0.1) is 0 Å². The summed E-state index contributed by atoms with van der Waals surface area (Å²) in [4.78, 5) is 23.5. The fourth-order valence-corrected chi connectivity index (χ4v) is 3.54. The largest absolute Gasteiger partial charge is 0.355 e. The van der Waals surface area contributed by atoms with Crippen molar-refractivity contribution < 1.29 is 4.79 Å². The van der Waals surface area contributed by atoms with Crippen molar-refractivity contribution in [2.24, 2.45) is 11.0 Å². The van der Waals surface area contributed by atoms with E-state index in [1.165, 1.54) is 0 Å². The quantitative estimate of drug-likeness (QED) is 0.541. The lowest BCUT2D eigenvalue weighted by Crippen LogP contribution is -2.42. The lowest BCUT2D eigenvalue weighted by molar-refractivity contribution is -0.125. The molecule has 1 amide bonds. The SMILES string of the molecule is O=C(NN=C(c1ccccc1)c1ccccc1)[C@@H]1CCCN(c2cnccn2)C1. The summed E-state index contributed by atoms with van der Waals surface area (Å²) in [6, 6.07) is 19.8. The van der Waals surface area contributed by atoms with Gasteiger partial charge in [-0.25, -0.2) is 10.4 Å².